The number of nitrogens with one attached hydrogen (secondary N) is 1. The zero-order chi connectivity index (χ0) is 12.0. The molecule has 0 spiro atoms. The van der Waals surface area contributed by atoms with Gasteiger partial charge in [0.05, 0.1) is 12.6 Å². The standard InChI is InChI=1S/C9H16N4O2S/c1-3-15-9(14)8-11-7(12-13-8)6(10)4-5-16-2/h6H,3-5,10H2,1-2H3,(H,11,12,13)/t6-/m0/s1. The van der Waals surface area contributed by atoms with Crippen LogP contribution in [0.5, 0.6) is 0 Å². The summed E-state index contributed by atoms with van der Waals surface area (Å²) in [7, 11) is 0. The van der Waals surface area contributed by atoms with E-state index < -0.39 is 5.97 Å². The molecule has 3 N–H and O–H groups in total. The van der Waals surface area contributed by atoms with E-state index in [4.69, 9.17) is 10.5 Å². The third kappa shape index (κ3) is 3.49. The minimum atomic E-state index is -0.526. The van der Waals surface area contributed by atoms with Crippen molar-refractivity contribution >= 4 is 17.7 Å². The van der Waals surface area contributed by atoms with Gasteiger partial charge in [0.1, 0.15) is 5.82 Å². The monoisotopic (exact) mass is 244 g/mol. The highest BCUT2D eigenvalue weighted by Gasteiger charge is 2.16. The third-order valence-corrected chi connectivity index (χ3v) is 2.59. The van der Waals surface area contributed by atoms with Gasteiger partial charge < -0.3 is 10.5 Å². The molecule has 0 fully saturated rings. The van der Waals surface area contributed by atoms with Gasteiger partial charge in [0.25, 0.3) is 5.82 Å². The van der Waals surface area contributed by atoms with E-state index in [-0.39, 0.29) is 11.9 Å². The molecule has 1 atom stereocenters. The Labute approximate surface area is 98.3 Å². The second kappa shape index (κ2) is 6.49. The number of esters is 1. The zero-order valence-corrected chi connectivity index (χ0v) is 10.2. The lowest BCUT2D eigenvalue weighted by Crippen LogP contribution is -2.13. The van der Waals surface area contributed by atoms with E-state index in [2.05, 4.69) is 15.2 Å². The zero-order valence-electron chi connectivity index (χ0n) is 9.40. The molecule has 1 rings (SSSR count). The number of nitrogens with two attached hydrogens (primary N) is 1. The Morgan fingerprint density at radius 1 is 1.69 bits per heavy atom. The van der Waals surface area contributed by atoms with E-state index in [1.54, 1.807) is 18.7 Å². The Balaban J connectivity index is 2.59. The van der Waals surface area contributed by atoms with Crippen molar-refractivity contribution in [2.75, 3.05) is 18.6 Å². The normalized spacial score (nSPS) is 12.4. The first-order valence-electron chi connectivity index (χ1n) is 5.03. The van der Waals surface area contributed by atoms with E-state index >= 15 is 0 Å². The molecule has 1 aromatic heterocycles. The lowest BCUT2D eigenvalue weighted by Gasteiger charge is -2.05. The van der Waals surface area contributed by atoms with Gasteiger partial charge in [-0.25, -0.2) is 9.78 Å². The molecule has 0 bridgehead atoms. The topological polar surface area (TPSA) is 93.9 Å². The molecule has 6 nitrogen and oxygen atoms in total. The van der Waals surface area contributed by atoms with Crippen LogP contribution in [-0.4, -0.2) is 39.8 Å². The SMILES string of the molecule is CCOC(=O)c1n[nH]c([C@@H](N)CCSC)n1. The summed E-state index contributed by atoms with van der Waals surface area (Å²) in [5.74, 6) is 0.979. The Hall–Kier alpha value is -1.08. The first-order valence-corrected chi connectivity index (χ1v) is 6.42. The fraction of sp³-hybridized carbons (Fsp3) is 0.667. The highest BCUT2D eigenvalue weighted by atomic mass is 32.2. The Kier molecular flexibility index (Phi) is 5.27. The predicted octanol–water partition coefficient (Wildman–Crippen LogP) is 0.734. The summed E-state index contributed by atoms with van der Waals surface area (Å²) in [6, 6.07) is -0.219. The number of ether oxygens (including phenoxy) is 1. The maximum absolute atomic E-state index is 11.3. The maximum atomic E-state index is 11.3. The average molecular weight is 244 g/mol. The number of hydrogen-bond acceptors (Lipinski definition) is 6. The molecule has 0 saturated heterocycles. The number of carbonyl (C=O) groups is 1. The Morgan fingerprint density at radius 3 is 3.06 bits per heavy atom. The average Bonchev–Trinajstić information content (AvgIpc) is 2.75. The van der Waals surface area contributed by atoms with Gasteiger partial charge in [0.15, 0.2) is 0 Å². The molecular weight excluding hydrogens is 228 g/mol. The van der Waals surface area contributed by atoms with Crippen LogP contribution < -0.4 is 5.73 Å². The van der Waals surface area contributed by atoms with Crippen molar-refractivity contribution in [2.24, 2.45) is 5.73 Å². The van der Waals surface area contributed by atoms with Crippen LogP contribution in [0.25, 0.3) is 0 Å². The van der Waals surface area contributed by atoms with Crippen molar-refractivity contribution in [2.45, 2.75) is 19.4 Å². The van der Waals surface area contributed by atoms with Crippen LogP contribution in [0.4, 0.5) is 0 Å². The van der Waals surface area contributed by atoms with Crippen molar-refractivity contribution in [1.29, 1.82) is 0 Å². The summed E-state index contributed by atoms with van der Waals surface area (Å²) >= 11 is 1.71. The summed E-state index contributed by atoms with van der Waals surface area (Å²) in [6.07, 6.45) is 2.80. The summed E-state index contributed by atoms with van der Waals surface area (Å²) in [5.41, 5.74) is 5.87. The highest BCUT2D eigenvalue weighted by molar-refractivity contribution is 7.98. The molecular formula is C9H16N4O2S. The number of carbonyl (C=O) groups excluding carboxylic acids is 1. The molecule has 0 aromatic carbocycles. The van der Waals surface area contributed by atoms with Gasteiger partial charge in [-0.2, -0.15) is 11.8 Å². The summed E-state index contributed by atoms with van der Waals surface area (Å²) in [5, 5.41) is 6.42. The number of rotatable bonds is 6. The van der Waals surface area contributed by atoms with Gasteiger partial charge in [-0.3, -0.25) is 5.10 Å². The smallest absolute Gasteiger partial charge is 0.378 e. The largest absolute Gasteiger partial charge is 0.460 e. The first kappa shape index (κ1) is 13.0. The molecule has 16 heavy (non-hydrogen) atoms. The van der Waals surface area contributed by atoms with Crippen LogP contribution in [-0.2, 0) is 4.74 Å². The fourth-order valence-electron chi connectivity index (χ4n) is 1.11. The van der Waals surface area contributed by atoms with Crippen molar-refractivity contribution < 1.29 is 9.53 Å². The van der Waals surface area contributed by atoms with Gasteiger partial charge in [-0.1, -0.05) is 0 Å². The van der Waals surface area contributed by atoms with Gasteiger partial charge in [-0.05, 0) is 25.4 Å². The Morgan fingerprint density at radius 2 is 2.44 bits per heavy atom. The lowest BCUT2D eigenvalue weighted by molar-refractivity contribution is 0.0512. The van der Waals surface area contributed by atoms with Crippen LogP contribution in [0, 0.1) is 0 Å². The number of aromatic nitrogens is 3. The number of hydrogen-bond donors (Lipinski definition) is 2. The van der Waals surface area contributed by atoms with E-state index in [1.165, 1.54) is 0 Å². The van der Waals surface area contributed by atoms with Crippen LogP contribution >= 0.6 is 11.8 Å². The van der Waals surface area contributed by atoms with Gasteiger partial charge in [0, 0.05) is 0 Å². The Bertz CT molecular complexity index is 342. The van der Waals surface area contributed by atoms with Crippen molar-refractivity contribution in [1.82, 2.24) is 15.2 Å². The quantitative estimate of drug-likeness (QED) is 0.717. The summed E-state index contributed by atoms with van der Waals surface area (Å²) in [6.45, 7) is 2.04. The van der Waals surface area contributed by atoms with Crippen LogP contribution in [0.1, 0.15) is 35.8 Å². The molecule has 0 aliphatic heterocycles. The molecule has 90 valence electrons. The number of H-pyrrole nitrogens is 1. The first-order chi connectivity index (χ1) is 7.69. The molecule has 7 heteroatoms. The second-order valence-electron chi connectivity index (χ2n) is 3.15. The fourth-order valence-corrected chi connectivity index (χ4v) is 1.60. The highest BCUT2D eigenvalue weighted by Crippen LogP contribution is 2.11. The second-order valence-corrected chi connectivity index (χ2v) is 4.14. The van der Waals surface area contributed by atoms with Gasteiger partial charge in [-0.15, -0.1) is 5.10 Å². The number of aromatic amines is 1. The molecule has 1 aromatic rings. The van der Waals surface area contributed by atoms with Crippen molar-refractivity contribution in [3.63, 3.8) is 0 Å². The minimum Gasteiger partial charge on any atom is -0.460 e. The van der Waals surface area contributed by atoms with E-state index in [0.717, 1.165) is 12.2 Å². The van der Waals surface area contributed by atoms with Crippen LogP contribution in [0.15, 0.2) is 0 Å². The molecule has 0 radical (unpaired) electrons. The van der Waals surface area contributed by atoms with Crippen LogP contribution in [0.2, 0.25) is 0 Å². The molecule has 0 aliphatic carbocycles. The van der Waals surface area contributed by atoms with E-state index in [9.17, 15) is 4.79 Å². The van der Waals surface area contributed by atoms with Crippen LogP contribution in [0.3, 0.4) is 0 Å². The molecule has 0 amide bonds. The predicted molar refractivity (Wildman–Crippen MR) is 62.3 cm³/mol. The number of thioether (sulfide) groups is 1. The van der Waals surface area contributed by atoms with Crippen molar-refractivity contribution in [3.05, 3.63) is 11.6 Å². The molecule has 1 heterocycles. The van der Waals surface area contributed by atoms with E-state index in [1.807, 2.05) is 6.26 Å². The minimum absolute atomic E-state index is 0.0384. The molecule has 0 aliphatic rings. The maximum Gasteiger partial charge on any atom is 0.378 e. The van der Waals surface area contributed by atoms with Crippen molar-refractivity contribution in [3.8, 4) is 0 Å². The number of nitrogens with zero attached hydrogens (tertiary/aromatic N) is 2. The molecule has 0 unspecified atom stereocenters. The third-order valence-electron chi connectivity index (χ3n) is 1.94. The van der Waals surface area contributed by atoms with Gasteiger partial charge >= 0.3 is 5.97 Å². The summed E-state index contributed by atoms with van der Waals surface area (Å²) in [4.78, 5) is 15.3. The molecule has 0 saturated carbocycles. The summed E-state index contributed by atoms with van der Waals surface area (Å²) < 4.78 is 4.77. The lowest BCUT2D eigenvalue weighted by atomic mass is 10.2. The van der Waals surface area contributed by atoms with E-state index in [0.29, 0.717) is 12.4 Å². The van der Waals surface area contributed by atoms with Gasteiger partial charge in [0.2, 0.25) is 0 Å².